The van der Waals surface area contributed by atoms with Gasteiger partial charge in [0.05, 0.1) is 11.9 Å². The van der Waals surface area contributed by atoms with Crippen molar-refractivity contribution in [2.24, 2.45) is 14.1 Å². The summed E-state index contributed by atoms with van der Waals surface area (Å²) >= 11 is 0. The number of benzene rings is 1. The third-order valence-electron chi connectivity index (χ3n) is 4.58. The van der Waals surface area contributed by atoms with E-state index in [0.29, 0.717) is 13.2 Å². The van der Waals surface area contributed by atoms with Gasteiger partial charge in [0.15, 0.2) is 0 Å². The van der Waals surface area contributed by atoms with Crippen molar-refractivity contribution in [1.29, 1.82) is 0 Å². The molecule has 0 unspecified atom stereocenters. The lowest BCUT2D eigenvalue weighted by atomic mass is 10.2. The quantitative estimate of drug-likeness (QED) is 0.659. The molecule has 0 N–H and O–H groups in total. The molecule has 3 aromatic rings. The molecule has 3 rings (SSSR count). The second-order valence-electron chi connectivity index (χ2n) is 6.66. The minimum Gasteiger partial charge on any atom is -0.492 e. The highest BCUT2D eigenvalue weighted by Crippen LogP contribution is 2.12. The molecule has 0 bridgehead atoms. The lowest BCUT2D eigenvalue weighted by Gasteiger charge is -2.17. The van der Waals surface area contributed by atoms with E-state index in [-0.39, 0.29) is 22.6 Å². The number of aromatic nitrogens is 3. The molecular formula is C20H22N4O4. The number of amides is 1. The summed E-state index contributed by atoms with van der Waals surface area (Å²) in [6, 6.07) is 10.7. The van der Waals surface area contributed by atoms with Crippen LogP contribution in [0.3, 0.4) is 0 Å². The van der Waals surface area contributed by atoms with Gasteiger partial charge in [-0.2, -0.15) is 0 Å². The van der Waals surface area contributed by atoms with Crippen molar-refractivity contribution in [3.63, 3.8) is 0 Å². The van der Waals surface area contributed by atoms with Crippen molar-refractivity contribution in [2.75, 3.05) is 20.2 Å². The Morgan fingerprint density at radius 3 is 2.43 bits per heavy atom. The summed E-state index contributed by atoms with van der Waals surface area (Å²) in [4.78, 5) is 42.7. The van der Waals surface area contributed by atoms with Gasteiger partial charge in [0.25, 0.3) is 11.5 Å². The Bertz CT molecular complexity index is 1150. The van der Waals surface area contributed by atoms with Crippen LogP contribution in [0.1, 0.15) is 16.1 Å². The highest BCUT2D eigenvalue weighted by molar-refractivity contribution is 5.94. The second-order valence-corrected chi connectivity index (χ2v) is 6.66. The van der Waals surface area contributed by atoms with Crippen LogP contribution in [0, 0.1) is 6.92 Å². The predicted octanol–water partition coefficient (Wildman–Crippen LogP) is 1.09. The first kappa shape index (κ1) is 19.3. The fourth-order valence-corrected chi connectivity index (χ4v) is 2.81. The third-order valence-corrected chi connectivity index (χ3v) is 4.58. The fraction of sp³-hybridized carbons (Fsp3) is 0.300. The van der Waals surface area contributed by atoms with Crippen molar-refractivity contribution >= 4 is 16.9 Å². The van der Waals surface area contributed by atoms with E-state index in [1.165, 1.54) is 35.7 Å². The molecule has 0 atom stereocenters. The molecule has 0 fully saturated rings. The minimum atomic E-state index is -0.491. The lowest BCUT2D eigenvalue weighted by molar-refractivity contribution is 0.0768. The van der Waals surface area contributed by atoms with E-state index in [0.717, 1.165) is 15.9 Å². The average molecular weight is 382 g/mol. The van der Waals surface area contributed by atoms with Gasteiger partial charge in [-0.25, -0.2) is 9.78 Å². The van der Waals surface area contributed by atoms with Crippen LogP contribution in [0.5, 0.6) is 5.75 Å². The van der Waals surface area contributed by atoms with Gasteiger partial charge in [-0.15, -0.1) is 0 Å². The summed E-state index contributed by atoms with van der Waals surface area (Å²) in [5.41, 5.74) is 0.557. The molecule has 0 aliphatic rings. The molecule has 0 aliphatic heterocycles. The molecular weight excluding hydrogens is 360 g/mol. The number of carbonyl (C=O) groups is 1. The first-order chi connectivity index (χ1) is 13.3. The standard InChI is InChI=1S/C20H22N4O4/c1-13-5-7-14(8-6-13)28-12-11-22(2)19(26)16-10-9-15-17(21-16)23(3)20(27)24(4)18(15)25/h5-10H,11-12H2,1-4H3. The van der Waals surface area contributed by atoms with Crippen LogP contribution in [0.2, 0.25) is 0 Å². The molecule has 2 aromatic heterocycles. The van der Waals surface area contributed by atoms with Crippen LogP contribution in [0.4, 0.5) is 0 Å². The van der Waals surface area contributed by atoms with E-state index in [1.807, 2.05) is 31.2 Å². The van der Waals surface area contributed by atoms with Crippen LogP contribution >= 0.6 is 0 Å². The number of pyridine rings is 1. The Balaban J connectivity index is 1.76. The Hall–Kier alpha value is -3.42. The molecule has 2 heterocycles. The highest BCUT2D eigenvalue weighted by atomic mass is 16.5. The van der Waals surface area contributed by atoms with Gasteiger partial charge in [-0.1, -0.05) is 17.7 Å². The summed E-state index contributed by atoms with van der Waals surface area (Å²) in [7, 11) is 4.57. The van der Waals surface area contributed by atoms with Crippen LogP contribution in [-0.2, 0) is 14.1 Å². The van der Waals surface area contributed by atoms with Crippen molar-refractivity contribution in [3.8, 4) is 5.75 Å². The van der Waals surface area contributed by atoms with Gasteiger partial charge in [0.1, 0.15) is 23.7 Å². The summed E-state index contributed by atoms with van der Waals surface area (Å²) in [5, 5.41) is 0.284. The van der Waals surface area contributed by atoms with Crippen LogP contribution in [0.25, 0.3) is 11.0 Å². The Morgan fingerprint density at radius 1 is 1.07 bits per heavy atom. The predicted molar refractivity (Wildman–Crippen MR) is 106 cm³/mol. The van der Waals surface area contributed by atoms with Crippen molar-refractivity contribution in [2.45, 2.75) is 6.92 Å². The smallest absolute Gasteiger partial charge is 0.332 e. The van der Waals surface area contributed by atoms with E-state index >= 15 is 0 Å². The molecule has 8 heteroatoms. The maximum Gasteiger partial charge on any atom is 0.332 e. The number of hydrogen-bond acceptors (Lipinski definition) is 5. The number of ether oxygens (including phenoxy) is 1. The number of aryl methyl sites for hydroxylation is 2. The van der Waals surface area contributed by atoms with Gasteiger partial charge in [0, 0.05) is 21.1 Å². The molecule has 0 saturated carbocycles. The Labute approximate surface area is 161 Å². The highest BCUT2D eigenvalue weighted by Gasteiger charge is 2.16. The maximum atomic E-state index is 12.7. The molecule has 1 aromatic carbocycles. The largest absolute Gasteiger partial charge is 0.492 e. The normalized spacial score (nSPS) is 10.9. The number of likely N-dealkylation sites (N-methyl/N-ethyl adjacent to an activating group) is 1. The molecule has 0 spiro atoms. The number of rotatable bonds is 5. The molecule has 8 nitrogen and oxygen atoms in total. The zero-order valence-electron chi connectivity index (χ0n) is 16.3. The van der Waals surface area contributed by atoms with Gasteiger partial charge >= 0.3 is 5.69 Å². The molecule has 0 aliphatic carbocycles. The zero-order valence-corrected chi connectivity index (χ0v) is 16.3. The summed E-state index contributed by atoms with van der Waals surface area (Å²) in [5.74, 6) is 0.420. The van der Waals surface area contributed by atoms with E-state index in [1.54, 1.807) is 7.05 Å². The molecule has 0 saturated heterocycles. The zero-order chi connectivity index (χ0) is 20.4. The fourth-order valence-electron chi connectivity index (χ4n) is 2.81. The van der Waals surface area contributed by atoms with Gasteiger partial charge < -0.3 is 9.64 Å². The Morgan fingerprint density at radius 2 is 1.75 bits per heavy atom. The van der Waals surface area contributed by atoms with Crippen LogP contribution in [-0.4, -0.2) is 45.1 Å². The summed E-state index contributed by atoms with van der Waals surface area (Å²) < 4.78 is 7.92. The molecule has 146 valence electrons. The van der Waals surface area contributed by atoms with E-state index in [9.17, 15) is 14.4 Å². The SMILES string of the molecule is Cc1ccc(OCCN(C)C(=O)c2ccc3c(=O)n(C)c(=O)n(C)c3n2)cc1. The minimum absolute atomic E-state index is 0.161. The van der Waals surface area contributed by atoms with Crippen molar-refractivity contribution < 1.29 is 9.53 Å². The third kappa shape index (κ3) is 3.66. The molecule has 28 heavy (non-hydrogen) atoms. The number of carbonyl (C=O) groups excluding carboxylic acids is 1. The van der Waals surface area contributed by atoms with E-state index in [2.05, 4.69) is 4.98 Å². The average Bonchev–Trinajstić information content (AvgIpc) is 2.71. The molecule has 0 radical (unpaired) electrons. The topological polar surface area (TPSA) is 86.4 Å². The first-order valence-corrected chi connectivity index (χ1v) is 8.81. The number of fused-ring (bicyclic) bond motifs is 1. The maximum absolute atomic E-state index is 12.7. The van der Waals surface area contributed by atoms with Crippen LogP contribution in [0.15, 0.2) is 46.0 Å². The lowest BCUT2D eigenvalue weighted by Crippen LogP contribution is -2.38. The Kier molecular flexibility index (Phi) is 5.30. The van der Waals surface area contributed by atoms with Gasteiger partial charge in [0.2, 0.25) is 0 Å². The van der Waals surface area contributed by atoms with Crippen molar-refractivity contribution in [1.82, 2.24) is 19.0 Å². The summed E-state index contributed by atoms with van der Waals surface area (Å²) in [6.45, 7) is 2.69. The van der Waals surface area contributed by atoms with E-state index in [4.69, 9.17) is 4.74 Å². The second kappa shape index (κ2) is 7.67. The van der Waals surface area contributed by atoms with Crippen LogP contribution < -0.4 is 16.0 Å². The number of hydrogen-bond donors (Lipinski definition) is 0. The molecule has 1 amide bonds. The van der Waals surface area contributed by atoms with Gasteiger partial charge in [-0.05, 0) is 31.2 Å². The van der Waals surface area contributed by atoms with Gasteiger partial charge in [-0.3, -0.25) is 18.7 Å². The monoisotopic (exact) mass is 382 g/mol. The number of nitrogens with zero attached hydrogens (tertiary/aromatic N) is 4. The van der Waals surface area contributed by atoms with Crippen molar-refractivity contribution in [3.05, 3.63) is 68.5 Å². The summed E-state index contributed by atoms with van der Waals surface area (Å²) in [6.07, 6.45) is 0. The first-order valence-electron chi connectivity index (χ1n) is 8.81. The van der Waals surface area contributed by atoms with E-state index < -0.39 is 11.2 Å².